The molecule has 1 N–H and O–H groups in total. The highest BCUT2D eigenvalue weighted by molar-refractivity contribution is 6.04. The van der Waals surface area contributed by atoms with Gasteiger partial charge in [0.1, 0.15) is 5.75 Å². The number of hydrogen-bond acceptors (Lipinski definition) is 3. The van der Waals surface area contributed by atoms with Crippen molar-refractivity contribution in [3.8, 4) is 11.5 Å². The minimum absolute atomic E-state index is 0.0850. The minimum atomic E-state index is -0.409. The number of aryl methyl sites for hydroxylation is 1. The normalized spacial score (nSPS) is 16.0. The van der Waals surface area contributed by atoms with Crippen molar-refractivity contribution < 1.29 is 14.3 Å². The highest BCUT2D eigenvalue weighted by Gasteiger charge is 2.36. The summed E-state index contributed by atoms with van der Waals surface area (Å²) in [7, 11) is 0. The van der Waals surface area contributed by atoms with Gasteiger partial charge in [-0.3, -0.25) is 9.59 Å². The van der Waals surface area contributed by atoms with E-state index in [1.54, 1.807) is 4.90 Å². The third kappa shape index (κ3) is 4.29. The Balaban J connectivity index is 1.49. The maximum atomic E-state index is 12.7. The van der Waals surface area contributed by atoms with Gasteiger partial charge in [0.25, 0.3) is 0 Å². The van der Waals surface area contributed by atoms with Crippen molar-refractivity contribution in [2.45, 2.75) is 13.3 Å². The van der Waals surface area contributed by atoms with Crippen molar-refractivity contribution >= 4 is 23.2 Å². The lowest BCUT2D eigenvalue weighted by molar-refractivity contribution is -0.122. The van der Waals surface area contributed by atoms with Crippen LogP contribution in [0.4, 0.5) is 11.4 Å². The van der Waals surface area contributed by atoms with Crippen molar-refractivity contribution in [2.75, 3.05) is 16.8 Å². The number of ether oxygens (including phenoxy) is 1. The second-order valence-corrected chi connectivity index (χ2v) is 7.14. The first-order valence-corrected chi connectivity index (χ1v) is 9.60. The van der Waals surface area contributed by atoms with Crippen molar-refractivity contribution in [2.24, 2.45) is 5.92 Å². The lowest BCUT2D eigenvalue weighted by atomic mass is 10.1. The minimum Gasteiger partial charge on any atom is -0.455 e. The Morgan fingerprint density at radius 3 is 2.41 bits per heavy atom. The summed E-state index contributed by atoms with van der Waals surface area (Å²) in [5.74, 6) is 0.643. The van der Waals surface area contributed by atoms with Crippen LogP contribution in [-0.4, -0.2) is 18.4 Å². The van der Waals surface area contributed by atoms with Crippen LogP contribution in [0.3, 0.4) is 0 Å². The van der Waals surface area contributed by atoms with Crippen molar-refractivity contribution in [1.29, 1.82) is 0 Å². The summed E-state index contributed by atoms with van der Waals surface area (Å²) in [6.07, 6.45) is 0.178. The van der Waals surface area contributed by atoms with Crippen LogP contribution in [0.2, 0.25) is 0 Å². The van der Waals surface area contributed by atoms with Crippen LogP contribution in [0.5, 0.6) is 11.5 Å². The summed E-state index contributed by atoms with van der Waals surface area (Å²) < 4.78 is 5.98. The largest absolute Gasteiger partial charge is 0.455 e. The number of carbonyl (C=O) groups is 2. The molecule has 146 valence electrons. The summed E-state index contributed by atoms with van der Waals surface area (Å²) >= 11 is 0. The molecule has 0 bridgehead atoms. The van der Waals surface area contributed by atoms with Crippen LogP contribution in [-0.2, 0) is 9.59 Å². The molecule has 1 aliphatic rings. The van der Waals surface area contributed by atoms with Gasteiger partial charge < -0.3 is 15.0 Å². The third-order valence-electron chi connectivity index (χ3n) is 4.94. The molecule has 29 heavy (non-hydrogen) atoms. The highest BCUT2D eigenvalue weighted by Crippen LogP contribution is 2.35. The van der Waals surface area contributed by atoms with Gasteiger partial charge in [0.2, 0.25) is 11.8 Å². The Kier molecular flexibility index (Phi) is 5.29. The van der Waals surface area contributed by atoms with Crippen LogP contribution >= 0.6 is 0 Å². The molecule has 3 aromatic carbocycles. The van der Waals surface area contributed by atoms with E-state index in [1.807, 2.05) is 85.8 Å². The number of benzene rings is 3. The number of hydrogen-bond donors (Lipinski definition) is 1. The third-order valence-corrected chi connectivity index (χ3v) is 4.94. The van der Waals surface area contributed by atoms with Gasteiger partial charge >= 0.3 is 0 Å². The summed E-state index contributed by atoms with van der Waals surface area (Å²) in [6, 6.07) is 24.4. The standard InChI is InChI=1S/C24H22N2O3/c1-17-11-13-19(14-12-17)25-24(28)18-15-23(27)26(16-18)21-9-5-6-10-22(21)29-20-7-3-2-4-8-20/h2-14,18H,15-16H2,1H3,(H,25,28). The lowest BCUT2D eigenvalue weighted by Gasteiger charge is -2.20. The molecule has 1 aliphatic heterocycles. The summed E-state index contributed by atoms with van der Waals surface area (Å²) in [6.45, 7) is 2.32. The molecule has 1 saturated heterocycles. The highest BCUT2D eigenvalue weighted by atomic mass is 16.5. The molecule has 0 saturated carbocycles. The van der Waals surface area contributed by atoms with E-state index in [0.717, 1.165) is 11.3 Å². The number of nitrogens with one attached hydrogen (secondary N) is 1. The predicted octanol–water partition coefficient (Wildman–Crippen LogP) is 4.78. The molecule has 0 spiro atoms. The quantitative estimate of drug-likeness (QED) is 0.687. The Bertz CT molecular complexity index is 1020. The van der Waals surface area contributed by atoms with E-state index in [1.165, 1.54) is 0 Å². The van der Waals surface area contributed by atoms with Crippen LogP contribution in [0.25, 0.3) is 0 Å². The Morgan fingerprint density at radius 1 is 0.966 bits per heavy atom. The molecule has 4 rings (SSSR count). The monoisotopic (exact) mass is 386 g/mol. The van der Waals surface area contributed by atoms with Crippen molar-refractivity contribution in [1.82, 2.24) is 0 Å². The Morgan fingerprint density at radius 2 is 1.66 bits per heavy atom. The maximum Gasteiger partial charge on any atom is 0.229 e. The molecule has 1 atom stereocenters. The Hall–Kier alpha value is -3.60. The molecule has 1 unspecified atom stereocenters. The maximum absolute atomic E-state index is 12.7. The van der Waals surface area contributed by atoms with Gasteiger partial charge in [0, 0.05) is 18.7 Å². The van der Waals surface area contributed by atoms with Crippen LogP contribution in [0.15, 0.2) is 78.9 Å². The zero-order chi connectivity index (χ0) is 20.2. The van der Waals surface area contributed by atoms with Gasteiger partial charge in [-0.25, -0.2) is 0 Å². The van der Waals surface area contributed by atoms with E-state index in [-0.39, 0.29) is 18.2 Å². The predicted molar refractivity (Wildman–Crippen MR) is 113 cm³/mol. The Labute approximate surface area is 169 Å². The van der Waals surface area contributed by atoms with Gasteiger partial charge in [-0.15, -0.1) is 0 Å². The number of anilines is 2. The number of carbonyl (C=O) groups excluding carboxylic acids is 2. The molecule has 0 aliphatic carbocycles. The molecular formula is C24H22N2O3. The van der Waals surface area contributed by atoms with Gasteiger partial charge in [0.15, 0.2) is 5.75 Å². The van der Waals surface area contributed by atoms with Crippen LogP contribution in [0, 0.1) is 12.8 Å². The molecule has 5 nitrogen and oxygen atoms in total. The second-order valence-electron chi connectivity index (χ2n) is 7.14. The second kappa shape index (κ2) is 8.19. The van der Waals surface area contributed by atoms with E-state index in [2.05, 4.69) is 5.32 Å². The van der Waals surface area contributed by atoms with E-state index < -0.39 is 5.92 Å². The van der Waals surface area contributed by atoms with E-state index >= 15 is 0 Å². The number of amides is 2. The van der Waals surface area contributed by atoms with Crippen molar-refractivity contribution in [3.63, 3.8) is 0 Å². The van der Waals surface area contributed by atoms with E-state index in [0.29, 0.717) is 23.7 Å². The molecule has 1 heterocycles. The summed E-state index contributed by atoms with van der Waals surface area (Å²) in [5, 5.41) is 2.91. The van der Waals surface area contributed by atoms with E-state index in [9.17, 15) is 9.59 Å². The molecule has 2 amide bonds. The fourth-order valence-electron chi connectivity index (χ4n) is 3.38. The zero-order valence-electron chi connectivity index (χ0n) is 16.2. The van der Waals surface area contributed by atoms with Gasteiger partial charge in [0.05, 0.1) is 11.6 Å². The topological polar surface area (TPSA) is 58.6 Å². The summed E-state index contributed by atoms with van der Waals surface area (Å²) in [4.78, 5) is 27.0. The SMILES string of the molecule is Cc1ccc(NC(=O)C2CC(=O)N(c3ccccc3Oc3ccccc3)C2)cc1. The first-order chi connectivity index (χ1) is 14.1. The average molecular weight is 386 g/mol. The number of para-hydroxylation sites is 3. The van der Waals surface area contributed by atoms with Crippen LogP contribution < -0.4 is 15.0 Å². The number of rotatable bonds is 5. The molecule has 0 radical (unpaired) electrons. The first kappa shape index (κ1) is 18.7. The molecule has 5 heteroatoms. The molecular weight excluding hydrogens is 364 g/mol. The number of nitrogens with zero attached hydrogens (tertiary/aromatic N) is 1. The lowest BCUT2D eigenvalue weighted by Crippen LogP contribution is -2.28. The molecule has 0 aromatic heterocycles. The zero-order valence-corrected chi connectivity index (χ0v) is 16.2. The fourth-order valence-corrected chi connectivity index (χ4v) is 3.38. The smallest absolute Gasteiger partial charge is 0.229 e. The molecule has 1 fully saturated rings. The van der Waals surface area contributed by atoms with Gasteiger partial charge in [-0.1, -0.05) is 48.0 Å². The first-order valence-electron chi connectivity index (χ1n) is 9.60. The summed E-state index contributed by atoms with van der Waals surface area (Å²) in [5.41, 5.74) is 2.53. The van der Waals surface area contributed by atoms with E-state index in [4.69, 9.17) is 4.74 Å². The van der Waals surface area contributed by atoms with Gasteiger partial charge in [-0.2, -0.15) is 0 Å². The average Bonchev–Trinajstić information content (AvgIpc) is 3.12. The van der Waals surface area contributed by atoms with Crippen molar-refractivity contribution in [3.05, 3.63) is 84.4 Å². The molecule has 3 aromatic rings. The fraction of sp³-hybridized carbons (Fsp3) is 0.167. The van der Waals surface area contributed by atoms with Gasteiger partial charge in [-0.05, 0) is 43.3 Å². The van der Waals surface area contributed by atoms with Crippen LogP contribution in [0.1, 0.15) is 12.0 Å².